The van der Waals surface area contributed by atoms with Crippen LogP contribution in [-0.2, 0) is 17.2 Å². The van der Waals surface area contributed by atoms with E-state index in [2.05, 4.69) is 0 Å². The Bertz CT molecular complexity index is 574. The number of aryl methyl sites for hydroxylation is 1. The van der Waals surface area contributed by atoms with Crippen LogP contribution in [-0.4, -0.2) is 15.4 Å². The lowest BCUT2D eigenvalue weighted by Crippen LogP contribution is -2.07. The number of hydrogen-bond acceptors (Lipinski definition) is 2. The number of hydrogen-bond donors (Lipinski definition) is 1. The number of aliphatic hydroxyl groups excluding tert-OH is 1. The van der Waals surface area contributed by atoms with Gasteiger partial charge < -0.3 is 5.11 Å². The van der Waals surface area contributed by atoms with Crippen LogP contribution in [0.3, 0.4) is 0 Å². The fourth-order valence-electron chi connectivity index (χ4n) is 1.96. The molecule has 0 saturated carbocycles. The van der Waals surface area contributed by atoms with E-state index in [9.17, 15) is 9.32 Å². The first kappa shape index (κ1) is 14.0. The van der Waals surface area contributed by atoms with Crippen LogP contribution in [0.25, 0.3) is 0 Å². The van der Waals surface area contributed by atoms with Gasteiger partial charge in [0.05, 0.1) is 16.9 Å². The summed E-state index contributed by atoms with van der Waals surface area (Å²) in [5.41, 5.74) is 2.09. The molecule has 2 aromatic carbocycles. The maximum absolute atomic E-state index is 12.6. The SMILES string of the molecule is Cc1ccc(S(=O)c2ccccc2C[C@H](C)O)cc1. The largest absolute Gasteiger partial charge is 0.393 e. The summed E-state index contributed by atoms with van der Waals surface area (Å²) in [6, 6.07) is 15.3. The van der Waals surface area contributed by atoms with Gasteiger partial charge in [-0.25, -0.2) is 4.21 Å². The fraction of sp³-hybridized carbons (Fsp3) is 0.250. The molecule has 1 N–H and O–H groups in total. The van der Waals surface area contributed by atoms with Crippen LogP contribution in [0, 0.1) is 6.92 Å². The number of rotatable bonds is 4. The first-order valence-electron chi connectivity index (χ1n) is 6.32. The van der Waals surface area contributed by atoms with E-state index in [4.69, 9.17) is 0 Å². The van der Waals surface area contributed by atoms with E-state index in [1.165, 1.54) is 0 Å². The zero-order valence-corrected chi connectivity index (χ0v) is 12.0. The van der Waals surface area contributed by atoms with Crippen molar-refractivity contribution in [3.05, 3.63) is 59.7 Å². The van der Waals surface area contributed by atoms with Gasteiger partial charge in [0.25, 0.3) is 0 Å². The average molecular weight is 274 g/mol. The summed E-state index contributed by atoms with van der Waals surface area (Å²) in [5.74, 6) is 0. The highest BCUT2D eigenvalue weighted by molar-refractivity contribution is 7.85. The smallest absolute Gasteiger partial charge is 0.0852 e. The highest BCUT2D eigenvalue weighted by Gasteiger charge is 2.12. The van der Waals surface area contributed by atoms with E-state index >= 15 is 0 Å². The van der Waals surface area contributed by atoms with Crippen molar-refractivity contribution in [1.29, 1.82) is 0 Å². The van der Waals surface area contributed by atoms with Gasteiger partial charge in [0.2, 0.25) is 0 Å². The Kier molecular flexibility index (Phi) is 4.51. The molecular weight excluding hydrogens is 256 g/mol. The van der Waals surface area contributed by atoms with Crippen molar-refractivity contribution in [1.82, 2.24) is 0 Å². The van der Waals surface area contributed by atoms with Gasteiger partial charge in [-0.3, -0.25) is 0 Å². The molecule has 3 heteroatoms. The minimum atomic E-state index is -1.19. The third-order valence-corrected chi connectivity index (χ3v) is 4.42. The third-order valence-electron chi connectivity index (χ3n) is 2.92. The maximum atomic E-state index is 12.6. The molecule has 2 atom stereocenters. The molecule has 0 amide bonds. The molecule has 0 aromatic heterocycles. The summed E-state index contributed by atoms with van der Waals surface area (Å²) < 4.78 is 12.6. The molecule has 0 spiro atoms. The second-order valence-corrected chi connectivity index (χ2v) is 6.19. The summed E-state index contributed by atoms with van der Waals surface area (Å²) >= 11 is 0. The van der Waals surface area contributed by atoms with Crippen LogP contribution in [0.5, 0.6) is 0 Å². The molecule has 2 nitrogen and oxygen atoms in total. The van der Waals surface area contributed by atoms with E-state index in [1.54, 1.807) is 6.92 Å². The predicted molar refractivity (Wildman–Crippen MR) is 77.7 cm³/mol. The molecule has 0 fully saturated rings. The second kappa shape index (κ2) is 6.13. The Morgan fingerprint density at radius 2 is 1.74 bits per heavy atom. The van der Waals surface area contributed by atoms with Crippen LogP contribution in [0.1, 0.15) is 18.1 Å². The van der Waals surface area contributed by atoms with Gasteiger partial charge in [-0.05, 0) is 44.0 Å². The van der Waals surface area contributed by atoms with E-state index in [0.29, 0.717) is 6.42 Å². The van der Waals surface area contributed by atoms with Gasteiger partial charge in [0.15, 0.2) is 0 Å². The van der Waals surface area contributed by atoms with Crippen LogP contribution < -0.4 is 0 Å². The normalized spacial score (nSPS) is 14.1. The first-order valence-corrected chi connectivity index (χ1v) is 7.47. The standard InChI is InChI=1S/C16H18O2S/c1-12-7-9-15(10-8-12)19(18)16-6-4-3-5-14(16)11-13(2)17/h3-10,13,17H,11H2,1-2H3/t13-,19?/m0/s1. The van der Waals surface area contributed by atoms with Gasteiger partial charge in [-0.2, -0.15) is 0 Å². The maximum Gasteiger partial charge on any atom is 0.0852 e. The molecule has 100 valence electrons. The van der Waals surface area contributed by atoms with Crippen molar-refractivity contribution in [2.45, 2.75) is 36.2 Å². The Labute approximate surface area is 116 Å². The molecule has 0 aliphatic rings. The first-order chi connectivity index (χ1) is 9.08. The molecule has 0 aliphatic heterocycles. The summed E-state index contributed by atoms with van der Waals surface area (Å²) in [6.07, 6.45) is 0.0875. The molecule has 0 bridgehead atoms. The summed E-state index contributed by atoms with van der Waals surface area (Å²) in [4.78, 5) is 1.58. The van der Waals surface area contributed by atoms with Crippen LogP contribution in [0.15, 0.2) is 58.3 Å². The molecule has 0 heterocycles. The van der Waals surface area contributed by atoms with Gasteiger partial charge in [0, 0.05) is 9.79 Å². The summed E-state index contributed by atoms with van der Waals surface area (Å²) in [5, 5.41) is 9.52. The van der Waals surface area contributed by atoms with Gasteiger partial charge in [0.1, 0.15) is 0 Å². The zero-order chi connectivity index (χ0) is 13.8. The molecule has 0 aliphatic carbocycles. The van der Waals surface area contributed by atoms with Crippen molar-refractivity contribution in [2.24, 2.45) is 0 Å². The molecule has 2 aromatic rings. The monoisotopic (exact) mass is 274 g/mol. The minimum absolute atomic E-state index is 0.434. The van der Waals surface area contributed by atoms with Crippen LogP contribution >= 0.6 is 0 Å². The van der Waals surface area contributed by atoms with E-state index in [-0.39, 0.29) is 0 Å². The topological polar surface area (TPSA) is 37.3 Å². The second-order valence-electron chi connectivity index (χ2n) is 4.74. The van der Waals surface area contributed by atoms with Crippen LogP contribution in [0.2, 0.25) is 0 Å². The molecule has 0 radical (unpaired) electrons. The van der Waals surface area contributed by atoms with Gasteiger partial charge >= 0.3 is 0 Å². The predicted octanol–water partition coefficient (Wildman–Crippen LogP) is 3.09. The van der Waals surface area contributed by atoms with E-state index in [1.807, 2.05) is 55.5 Å². The fourth-order valence-corrected chi connectivity index (χ4v) is 3.19. The Hall–Kier alpha value is -1.45. The van der Waals surface area contributed by atoms with Gasteiger partial charge in [-0.1, -0.05) is 35.9 Å². The Balaban J connectivity index is 2.35. The van der Waals surface area contributed by atoms with E-state index < -0.39 is 16.9 Å². The summed E-state index contributed by atoms with van der Waals surface area (Å²) in [6.45, 7) is 3.75. The van der Waals surface area contributed by atoms with Gasteiger partial charge in [-0.15, -0.1) is 0 Å². The Morgan fingerprint density at radius 1 is 1.11 bits per heavy atom. The highest BCUT2D eigenvalue weighted by Crippen LogP contribution is 2.21. The van der Waals surface area contributed by atoms with Crippen molar-refractivity contribution < 1.29 is 9.32 Å². The molecule has 2 rings (SSSR count). The highest BCUT2D eigenvalue weighted by atomic mass is 32.2. The lowest BCUT2D eigenvalue weighted by Gasteiger charge is -2.11. The molecular formula is C16H18O2S. The quantitative estimate of drug-likeness (QED) is 0.930. The molecule has 0 saturated heterocycles. The number of benzene rings is 2. The zero-order valence-electron chi connectivity index (χ0n) is 11.2. The van der Waals surface area contributed by atoms with Crippen molar-refractivity contribution in [3.63, 3.8) is 0 Å². The Morgan fingerprint density at radius 3 is 2.37 bits per heavy atom. The minimum Gasteiger partial charge on any atom is -0.393 e. The third kappa shape index (κ3) is 3.52. The van der Waals surface area contributed by atoms with Crippen molar-refractivity contribution in [2.75, 3.05) is 0 Å². The van der Waals surface area contributed by atoms with Crippen molar-refractivity contribution >= 4 is 10.8 Å². The van der Waals surface area contributed by atoms with Crippen LogP contribution in [0.4, 0.5) is 0 Å². The summed E-state index contributed by atoms with van der Waals surface area (Å²) in [7, 11) is -1.19. The lowest BCUT2D eigenvalue weighted by molar-refractivity contribution is 0.194. The lowest BCUT2D eigenvalue weighted by atomic mass is 10.1. The average Bonchev–Trinajstić information content (AvgIpc) is 2.39. The van der Waals surface area contributed by atoms with E-state index in [0.717, 1.165) is 20.9 Å². The molecule has 19 heavy (non-hydrogen) atoms. The number of aliphatic hydroxyl groups is 1. The molecule has 1 unspecified atom stereocenters. The van der Waals surface area contributed by atoms with Crippen molar-refractivity contribution in [3.8, 4) is 0 Å².